The van der Waals surface area contributed by atoms with Crippen LogP contribution in [-0.4, -0.2) is 24.0 Å². The smallest absolute Gasteiger partial charge is 0.0253 e. The van der Waals surface area contributed by atoms with Crippen LogP contribution in [0.25, 0.3) is 0 Å². The van der Waals surface area contributed by atoms with E-state index in [1.165, 1.54) is 0 Å². The molecule has 0 fully saturated rings. The molecule has 70 valence electrons. The fourth-order valence-corrected chi connectivity index (χ4v) is 0.888. The van der Waals surface area contributed by atoms with Crippen molar-refractivity contribution in [2.24, 2.45) is 0 Å². The van der Waals surface area contributed by atoms with Gasteiger partial charge in [0, 0.05) is 19.1 Å². The molecule has 2 heteroatoms. The summed E-state index contributed by atoms with van der Waals surface area (Å²) < 4.78 is 0. The van der Waals surface area contributed by atoms with E-state index in [1.54, 1.807) is 0 Å². The predicted octanol–water partition coefficient (Wildman–Crippen LogP) is 2.66. The molecule has 1 atom stereocenters. The number of hydrogen-bond acceptors (Lipinski definition) is 1. The third-order valence-electron chi connectivity index (χ3n) is 1.64. The third-order valence-corrected chi connectivity index (χ3v) is 1.64. The zero-order chi connectivity index (χ0) is 8.69. The van der Waals surface area contributed by atoms with E-state index < -0.39 is 0 Å². The van der Waals surface area contributed by atoms with Crippen LogP contribution in [0.2, 0.25) is 0 Å². The van der Waals surface area contributed by atoms with Gasteiger partial charge < -0.3 is 0 Å². The van der Waals surface area contributed by atoms with Gasteiger partial charge in [0.05, 0.1) is 0 Å². The highest BCUT2D eigenvalue weighted by Crippen LogP contribution is 1.99. The van der Waals surface area contributed by atoms with Crippen LogP contribution in [0.3, 0.4) is 0 Å². The molecule has 0 rings (SSSR count). The van der Waals surface area contributed by atoms with E-state index in [1.807, 2.05) is 18.2 Å². The molecule has 0 heterocycles. The molecule has 0 radical (unpaired) electrons. The molecule has 0 amide bonds. The predicted molar refractivity (Wildman–Crippen MR) is 58.9 cm³/mol. The summed E-state index contributed by atoms with van der Waals surface area (Å²) in [6.45, 7) is 15.0. The van der Waals surface area contributed by atoms with Crippen molar-refractivity contribution in [2.75, 3.05) is 13.1 Å². The van der Waals surface area contributed by atoms with E-state index in [-0.39, 0.29) is 12.4 Å². The number of hydrogen-bond donors (Lipinski definition) is 0. The van der Waals surface area contributed by atoms with Crippen LogP contribution < -0.4 is 0 Å². The summed E-state index contributed by atoms with van der Waals surface area (Å²) in [5, 5.41) is 0. The average Bonchev–Trinajstić information content (AvgIpc) is 2.03. The second-order valence-corrected chi connectivity index (χ2v) is 2.51. The lowest BCUT2D eigenvalue weighted by atomic mass is 10.2. The molecule has 0 saturated carbocycles. The summed E-state index contributed by atoms with van der Waals surface area (Å²) in [4.78, 5) is 2.23. The number of nitrogens with zero attached hydrogens (tertiary/aromatic N) is 1. The number of halogens is 1. The SMILES string of the molecule is C=CCN(CC=C)C(C)C=C.Cl. The van der Waals surface area contributed by atoms with E-state index in [4.69, 9.17) is 0 Å². The van der Waals surface area contributed by atoms with Crippen LogP contribution in [0.1, 0.15) is 6.92 Å². The zero-order valence-electron chi connectivity index (χ0n) is 7.70. The molecule has 0 spiro atoms. The third kappa shape index (κ3) is 5.16. The lowest BCUT2D eigenvalue weighted by Gasteiger charge is -2.23. The summed E-state index contributed by atoms with van der Waals surface area (Å²) in [7, 11) is 0. The van der Waals surface area contributed by atoms with Gasteiger partial charge >= 0.3 is 0 Å². The first-order chi connectivity index (χ1) is 5.26. The lowest BCUT2D eigenvalue weighted by molar-refractivity contribution is 0.297. The Morgan fingerprint density at radius 1 is 1.17 bits per heavy atom. The van der Waals surface area contributed by atoms with Crippen molar-refractivity contribution >= 4 is 12.4 Å². The Kier molecular flexibility index (Phi) is 10.0. The molecule has 1 nitrogen and oxygen atoms in total. The fraction of sp³-hybridized carbons (Fsp3) is 0.400. The maximum Gasteiger partial charge on any atom is 0.0253 e. The first-order valence-corrected chi connectivity index (χ1v) is 3.84. The monoisotopic (exact) mass is 187 g/mol. The van der Waals surface area contributed by atoms with Crippen molar-refractivity contribution in [3.8, 4) is 0 Å². The minimum Gasteiger partial charge on any atom is -0.290 e. The van der Waals surface area contributed by atoms with Crippen molar-refractivity contribution in [1.29, 1.82) is 0 Å². The molecular weight excluding hydrogens is 170 g/mol. The van der Waals surface area contributed by atoms with Crippen LogP contribution in [0.15, 0.2) is 38.0 Å². The Morgan fingerprint density at radius 3 is 1.83 bits per heavy atom. The molecule has 0 N–H and O–H groups in total. The van der Waals surface area contributed by atoms with Crippen LogP contribution in [0.4, 0.5) is 0 Å². The first-order valence-electron chi connectivity index (χ1n) is 3.84. The van der Waals surface area contributed by atoms with Crippen LogP contribution in [0.5, 0.6) is 0 Å². The maximum absolute atomic E-state index is 3.74. The van der Waals surface area contributed by atoms with Gasteiger partial charge in [-0.2, -0.15) is 0 Å². The molecule has 1 unspecified atom stereocenters. The van der Waals surface area contributed by atoms with Gasteiger partial charge in [-0.3, -0.25) is 4.90 Å². The van der Waals surface area contributed by atoms with Gasteiger partial charge in [0.25, 0.3) is 0 Å². The van der Waals surface area contributed by atoms with Gasteiger partial charge in [0.2, 0.25) is 0 Å². The minimum atomic E-state index is 0. The molecule has 0 aliphatic rings. The second kappa shape index (κ2) is 8.57. The van der Waals surface area contributed by atoms with Crippen LogP contribution >= 0.6 is 12.4 Å². The summed E-state index contributed by atoms with van der Waals surface area (Å²) >= 11 is 0. The van der Waals surface area contributed by atoms with Crippen LogP contribution in [-0.2, 0) is 0 Å². The Bertz CT molecular complexity index is 133. The Hall–Kier alpha value is -0.530. The molecule has 12 heavy (non-hydrogen) atoms. The minimum absolute atomic E-state index is 0. The van der Waals surface area contributed by atoms with E-state index in [0.29, 0.717) is 6.04 Å². The average molecular weight is 188 g/mol. The fourth-order valence-electron chi connectivity index (χ4n) is 0.888. The topological polar surface area (TPSA) is 3.24 Å². The van der Waals surface area contributed by atoms with E-state index in [0.717, 1.165) is 13.1 Å². The quantitative estimate of drug-likeness (QED) is 0.578. The highest BCUT2D eigenvalue weighted by atomic mass is 35.5. The van der Waals surface area contributed by atoms with E-state index in [2.05, 4.69) is 31.6 Å². The van der Waals surface area contributed by atoms with Gasteiger partial charge in [0.15, 0.2) is 0 Å². The van der Waals surface area contributed by atoms with Gasteiger partial charge in [-0.05, 0) is 6.92 Å². The molecule has 0 aromatic rings. The maximum atomic E-state index is 3.74. The highest BCUT2D eigenvalue weighted by molar-refractivity contribution is 5.85. The highest BCUT2D eigenvalue weighted by Gasteiger charge is 2.05. The molecule has 0 bridgehead atoms. The Morgan fingerprint density at radius 2 is 1.58 bits per heavy atom. The van der Waals surface area contributed by atoms with Gasteiger partial charge in [-0.1, -0.05) is 18.2 Å². The van der Waals surface area contributed by atoms with Gasteiger partial charge in [-0.25, -0.2) is 0 Å². The summed E-state index contributed by atoms with van der Waals surface area (Å²) in [5.41, 5.74) is 0. The molecule has 0 aliphatic heterocycles. The Labute approximate surface area is 81.9 Å². The van der Waals surface area contributed by atoms with Crippen LogP contribution in [0, 0.1) is 0 Å². The molecule has 0 aromatic heterocycles. The van der Waals surface area contributed by atoms with E-state index in [9.17, 15) is 0 Å². The first kappa shape index (κ1) is 14.0. The summed E-state index contributed by atoms with van der Waals surface area (Å²) in [6, 6.07) is 0.394. The largest absolute Gasteiger partial charge is 0.290 e. The van der Waals surface area contributed by atoms with Crippen molar-refractivity contribution in [3.63, 3.8) is 0 Å². The standard InChI is InChI=1S/C10H17N.ClH/c1-5-8-11(9-6-2)10(4)7-3;/h5-7,10H,1-3,8-9H2,4H3;1H. The van der Waals surface area contributed by atoms with E-state index >= 15 is 0 Å². The van der Waals surface area contributed by atoms with Gasteiger partial charge in [0.1, 0.15) is 0 Å². The summed E-state index contributed by atoms with van der Waals surface area (Å²) in [5.74, 6) is 0. The van der Waals surface area contributed by atoms with Crippen molar-refractivity contribution in [3.05, 3.63) is 38.0 Å². The van der Waals surface area contributed by atoms with Crippen molar-refractivity contribution in [2.45, 2.75) is 13.0 Å². The normalized spacial score (nSPS) is 11.5. The molecule has 0 aliphatic carbocycles. The molecule has 0 aromatic carbocycles. The van der Waals surface area contributed by atoms with Gasteiger partial charge in [-0.15, -0.1) is 32.1 Å². The molecule has 0 saturated heterocycles. The summed E-state index contributed by atoms with van der Waals surface area (Å²) in [6.07, 6.45) is 5.71. The zero-order valence-corrected chi connectivity index (χ0v) is 8.52. The Balaban J connectivity index is 0. The van der Waals surface area contributed by atoms with Crippen molar-refractivity contribution in [1.82, 2.24) is 4.90 Å². The van der Waals surface area contributed by atoms with Crippen molar-refractivity contribution < 1.29 is 0 Å². The molecular formula is C10H18ClN. The second-order valence-electron chi connectivity index (χ2n) is 2.51. The lowest BCUT2D eigenvalue weighted by Crippen LogP contribution is -2.31. The number of rotatable bonds is 6.